The molecule has 1 aromatic heterocycles. The number of carbonyl (C=O) groups excluding carboxylic acids is 1. The van der Waals surface area contributed by atoms with Gasteiger partial charge in [-0.25, -0.2) is 4.98 Å². The first-order chi connectivity index (χ1) is 10.2. The number of aromatic nitrogens is 1. The Balaban J connectivity index is 1.78. The van der Waals surface area contributed by atoms with E-state index in [1.165, 1.54) is 0 Å². The Kier molecular flexibility index (Phi) is 4.45. The third kappa shape index (κ3) is 3.55. The van der Waals surface area contributed by atoms with E-state index in [-0.39, 0.29) is 5.91 Å². The Morgan fingerprint density at radius 1 is 1.43 bits per heavy atom. The summed E-state index contributed by atoms with van der Waals surface area (Å²) in [5.41, 5.74) is 1.53. The maximum Gasteiger partial charge on any atom is 0.254 e. The lowest BCUT2D eigenvalue weighted by molar-refractivity contribution is 0.0706. The van der Waals surface area contributed by atoms with Crippen molar-refractivity contribution in [1.29, 1.82) is 0 Å². The summed E-state index contributed by atoms with van der Waals surface area (Å²) >= 11 is 6.04. The quantitative estimate of drug-likeness (QED) is 0.785. The van der Waals surface area contributed by atoms with Gasteiger partial charge in [0.05, 0.1) is 6.61 Å². The van der Waals surface area contributed by atoms with E-state index in [0.29, 0.717) is 22.7 Å². The largest absolute Gasteiger partial charge is 0.381 e. The minimum Gasteiger partial charge on any atom is -0.381 e. The van der Waals surface area contributed by atoms with Gasteiger partial charge in [-0.2, -0.15) is 0 Å². The molecular formula is C16H21ClN2O2. The Bertz CT molecular complexity index is 525. The molecule has 2 aliphatic rings. The van der Waals surface area contributed by atoms with Crippen LogP contribution in [0.5, 0.6) is 0 Å². The molecule has 1 unspecified atom stereocenters. The Morgan fingerprint density at radius 2 is 2.24 bits per heavy atom. The van der Waals surface area contributed by atoms with E-state index in [1.807, 2.05) is 17.9 Å². The summed E-state index contributed by atoms with van der Waals surface area (Å²) in [6, 6.07) is 3.95. The number of hydrogen-bond acceptors (Lipinski definition) is 3. The molecule has 1 aliphatic carbocycles. The zero-order valence-electron chi connectivity index (χ0n) is 12.3. The van der Waals surface area contributed by atoms with Gasteiger partial charge in [0.2, 0.25) is 0 Å². The van der Waals surface area contributed by atoms with E-state index in [0.717, 1.165) is 51.1 Å². The van der Waals surface area contributed by atoms with E-state index >= 15 is 0 Å². The number of ether oxygens (including phenoxy) is 1. The lowest BCUT2D eigenvalue weighted by atomic mass is 10.1. The third-order valence-corrected chi connectivity index (χ3v) is 4.38. The van der Waals surface area contributed by atoms with Crippen molar-refractivity contribution in [2.75, 3.05) is 19.8 Å². The molecule has 0 spiro atoms. The summed E-state index contributed by atoms with van der Waals surface area (Å²) in [6.45, 7) is 4.40. The molecule has 114 valence electrons. The summed E-state index contributed by atoms with van der Waals surface area (Å²) in [5.74, 6) is 0.556. The van der Waals surface area contributed by atoms with Gasteiger partial charge in [-0.15, -0.1) is 0 Å². The lowest BCUT2D eigenvalue weighted by Gasteiger charge is -2.25. The Morgan fingerprint density at radius 3 is 2.86 bits per heavy atom. The standard InChI is InChI=1S/C16H21ClN2O2/c1-2-13-7-12(8-15(17)18-13)16(20)19(14-3-4-14)9-11-5-6-21-10-11/h7-8,11,14H,2-6,9-10H2,1H3. The Labute approximate surface area is 130 Å². The van der Waals surface area contributed by atoms with Gasteiger partial charge in [0.15, 0.2) is 0 Å². The number of nitrogens with zero attached hydrogens (tertiary/aromatic N) is 2. The molecule has 0 aromatic carbocycles. The van der Waals surface area contributed by atoms with Gasteiger partial charge in [0.25, 0.3) is 5.91 Å². The molecule has 1 saturated heterocycles. The molecule has 1 saturated carbocycles. The number of rotatable bonds is 5. The van der Waals surface area contributed by atoms with Crippen molar-refractivity contribution >= 4 is 17.5 Å². The van der Waals surface area contributed by atoms with E-state index in [9.17, 15) is 4.79 Å². The van der Waals surface area contributed by atoms with Crippen molar-refractivity contribution in [3.63, 3.8) is 0 Å². The summed E-state index contributed by atoms with van der Waals surface area (Å²) in [4.78, 5) is 19.1. The van der Waals surface area contributed by atoms with Crippen LogP contribution >= 0.6 is 11.6 Å². The van der Waals surface area contributed by atoms with Crippen LogP contribution in [0.4, 0.5) is 0 Å². The van der Waals surface area contributed by atoms with Crippen LogP contribution in [0, 0.1) is 5.92 Å². The first-order valence-electron chi connectivity index (χ1n) is 7.72. The second-order valence-corrected chi connectivity index (χ2v) is 6.33. The molecule has 1 atom stereocenters. The number of amides is 1. The maximum absolute atomic E-state index is 12.8. The highest BCUT2D eigenvalue weighted by Crippen LogP contribution is 2.30. The molecule has 2 heterocycles. The molecule has 1 amide bonds. The van der Waals surface area contributed by atoms with Crippen molar-refractivity contribution in [2.45, 2.75) is 38.6 Å². The average molecular weight is 309 g/mol. The maximum atomic E-state index is 12.8. The number of carbonyl (C=O) groups is 1. The summed E-state index contributed by atoms with van der Waals surface area (Å²) in [7, 11) is 0. The van der Waals surface area contributed by atoms with Crippen LogP contribution in [0.3, 0.4) is 0 Å². The molecule has 1 aromatic rings. The molecule has 0 radical (unpaired) electrons. The topological polar surface area (TPSA) is 42.4 Å². The van der Waals surface area contributed by atoms with Crippen molar-refractivity contribution < 1.29 is 9.53 Å². The minimum absolute atomic E-state index is 0.0865. The van der Waals surface area contributed by atoms with Crippen LogP contribution in [0.2, 0.25) is 5.15 Å². The van der Waals surface area contributed by atoms with Crippen molar-refractivity contribution in [1.82, 2.24) is 9.88 Å². The van der Waals surface area contributed by atoms with Gasteiger partial charge in [-0.1, -0.05) is 18.5 Å². The van der Waals surface area contributed by atoms with Crippen LogP contribution in [0.1, 0.15) is 42.2 Å². The number of aryl methyl sites for hydroxylation is 1. The molecular weight excluding hydrogens is 288 g/mol. The zero-order valence-corrected chi connectivity index (χ0v) is 13.1. The highest BCUT2D eigenvalue weighted by Gasteiger charge is 2.35. The van der Waals surface area contributed by atoms with Gasteiger partial charge < -0.3 is 9.64 Å². The van der Waals surface area contributed by atoms with Gasteiger partial charge in [0.1, 0.15) is 5.15 Å². The van der Waals surface area contributed by atoms with Gasteiger partial charge in [0, 0.05) is 36.4 Å². The molecule has 0 N–H and O–H groups in total. The van der Waals surface area contributed by atoms with Crippen molar-refractivity contribution in [2.24, 2.45) is 5.92 Å². The second-order valence-electron chi connectivity index (χ2n) is 5.94. The molecule has 0 bridgehead atoms. The molecule has 2 fully saturated rings. The normalized spacial score (nSPS) is 21.5. The van der Waals surface area contributed by atoms with E-state index in [4.69, 9.17) is 16.3 Å². The molecule has 4 nitrogen and oxygen atoms in total. The highest BCUT2D eigenvalue weighted by atomic mass is 35.5. The van der Waals surface area contributed by atoms with Crippen LogP contribution < -0.4 is 0 Å². The number of halogens is 1. The fourth-order valence-electron chi connectivity index (χ4n) is 2.81. The Hall–Kier alpha value is -1.13. The smallest absolute Gasteiger partial charge is 0.254 e. The fraction of sp³-hybridized carbons (Fsp3) is 0.625. The summed E-state index contributed by atoms with van der Waals surface area (Å²) in [6.07, 6.45) is 4.05. The second kappa shape index (κ2) is 6.32. The third-order valence-electron chi connectivity index (χ3n) is 4.18. The van der Waals surface area contributed by atoms with Crippen LogP contribution in [-0.2, 0) is 11.2 Å². The van der Waals surface area contributed by atoms with E-state index in [1.54, 1.807) is 6.07 Å². The lowest BCUT2D eigenvalue weighted by Crippen LogP contribution is -2.37. The van der Waals surface area contributed by atoms with Gasteiger partial charge in [-0.3, -0.25) is 4.79 Å². The summed E-state index contributed by atoms with van der Waals surface area (Å²) < 4.78 is 5.43. The molecule has 21 heavy (non-hydrogen) atoms. The SMILES string of the molecule is CCc1cc(C(=O)N(CC2CCOC2)C2CC2)cc(Cl)n1. The van der Waals surface area contributed by atoms with Gasteiger partial charge >= 0.3 is 0 Å². The number of hydrogen-bond donors (Lipinski definition) is 0. The molecule has 5 heteroatoms. The monoisotopic (exact) mass is 308 g/mol. The number of pyridine rings is 1. The predicted molar refractivity (Wildman–Crippen MR) is 81.6 cm³/mol. The van der Waals surface area contributed by atoms with Crippen molar-refractivity contribution in [3.05, 3.63) is 28.5 Å². The first-order valence-corrected chi connectivity index (χ1v) is 8.10. The highest BCUT2D eigenvalue weighted by molar-refractivity contribution is 6.29. The zero-order chi connectivity index (χ0) is 14.8. The molecule has 1 aliphatic heterocycles. The summed E-state index contributed by atoms with van der Waals surface area (Å²) in [5, 5.41) is 0.401. The van der Waals surface area contributed by atoms with Crippen molar-refractivity contribution in [3.8, 4) is 0 Å². The fourth-order valence-corrected chi connectivity index (χ4v) is 3.04. The minimum atomic E-state index is 0.0865. The van der Waals surface area contributed by atoms with E-state index in [2.05, 4.69) is 4.98 Å². The average Bonchev–Trinajstić information content (AvgIpc) is 3.20. The first kappa shape index (κ1) is 14.8. The van der Waals surface area contributed by atoms with Crippen LogP contribution in [-0.4, -0.2) is 41.6 Å². The van der Waals surface area contributed by atoms with Crippen LogP contribution in [0.25, 0.3) is 0 Å². The van der Waals surface area contributed by atoms with Gasteiger partial charge in [-0.05, 0) is 37.8 Å². The van der Waals surface area contributed by atoms with Crippen LogP contribution in [0.15, 0.2) is 12.1 Å². The van der Waals surface area contributed by atoms with E-state index < -0.39 is 0 Å². The predicted octanol–water partition coefficient (Wildman–Crippen LogP) is 2.94. The molecule has 3 rings (SSSR count).